The first-order valence-electron chi connectivity index (χ1n) is 2.57. The Morgan fingerprint density at radius 3 is 1.89 bits per heavy atom. The molecule has 52 valence electrons. The minimum absolute atomic E-state index is 0. The van der Waals surface area contributed by atoms with Gasteiger partial charge >= 0.3 is 24.8 Å². The van der Waals surface area contributed by atoms with E-state index in [1.54, 1.807) is 0 Å². The van der Waals surface area contributed by atoms with Crippen LogP contribution in [0.4, 0.5) is 0 Å². The van der Waals surface area contributed by atoms with Crippen LogP contribution in [0, 0.1) is 0 Å². The van der Waals surface area contributed by atoms with Gasteiger partial charge in [-0.25, -0.2) is 0 Å². The van der Waals surface area contributed by atoms with Crippen molar-refractivity contribution < 1.29 is 9.90 Å². The van der Waals surface area contributed by atoms with Crippen LogP contribution in [0.2, 0.25) is 0 Å². The SMILES string of the molecule is CCCC(=O)O.CN.[LiH]. The van der Waals surface area contributed by atoms with Gasteiger partial charge in [0.25, 0.3) is 0 Å². The van der Waals surface area contributed by atoms with Crippen LogP contribution in [-0.2, 0) is 4.79 Å². The van der Waals surface area contributed by atoms with Gasteiger partial charge in [0.15, 0.2) is 0 Å². The Morgan fingerprint density at radius 1 is 1.56 bits per heavy atom. The molecular formula is C5H14LiNO2. The average molecular weight is 127 g/mol. The van der Waals surface area contributed by atoms with Crippen LogP contribution in [0.5, 0.6) is 0 Å². The molecule has 0 amide bonds. The fraction of sp³-hybridized carbons (Fsp3) is 0.800. The van der Waals surface area contributed by atoms with E-state index in [0.717, 1.165) is 6.42 Å². The van der Waals surface area contributed by atoms with Crippen molar-refractivity contribution in [3.63, 3.8) is 0 Å². The Kier molecular flexibility index (Phi) is 27.9. The third kappa shape index (κ3) is 31.8. The molecule has 0 aromatic heterocycles. The molecular weight excluding hydrogens is 113 g/mol. The predicted octanol–water partition coefficient (Wildman–Crippen LogP) is -0.202. The summed E-state index contributed by atoms with van der Waals surface area (Å²) in [5.74, 6) is -0.711. The van der Waals surface area contributed by atoms with Crippen molar-refractivity contribution in [3.8, 4) is 0 Å². The van der Waals surface area contributed by atoms with Crippen LogP contribution in [0.15, 0.2) is 0 Å². The second kappa shape index (κ2) is 15.7. The Morgan fingerprint density at radius 2 is 1.89 bits per heavy atom. The van der Waals surface area contributed by atoms with Crippen LogP contribution in [-0.4, -0.2) is 37.0 Å². The standard InChI is InChI=1S/C4H8O2.CH5N.Li.H/c1-2-3-4(5)6;1-2;;/h2-3H2,1H3,(H,5,6);2H2,1H3;;. The van der Waals surface area contributed by atoms with E-state index >= 15 is 0 Å². The molecule has 3 nitrogen and oxygen atoms in total. The van der Waals surface area contributed by atoms with E-state index in [9.17, 15) is 4.79 Å². The summed E-state index contributed by atoms with van der Waals surface area (Å²) >= 11 is 0. The fourth-order valence-corrected chi connectivity index (χ4v) is 0.214. The van der Waals surface area contributed by atoms with Crippen molar-refractivity contribution in [2.75, 3.05) is 7.05 Å². The van der Waals surface area contributed by atoms with Crippen LogP contribution in [0.1, 0.15) is 19.8 Å². The molecule has 0 spiro atoms. The zero-order valence-corrected chi connectivity index (χ0v) is 5.35. The van der Waals surface area contributed by atoms with E-state index in [2.05, 4.69) is 5.73 Å². The van der Waals surface area contributed by atoms with Gasteiger partial charge in [-0.15, -0.1) is 0 Å². The maximum absolute atomic E-state index is 9.60. The number of rotatable bonds is 2. The zero-order chi connectivity index (χ0) is 6.99. The van der Waals surface area contributed by atoms with Gasteiger partial charge < -0.3 is 10.8 Å². The van der Waals surface area contributed by atoms with Gasteiger partial charge in [0.2, 0.25) is 0 Å². The molecule has 0 unspecified atom stereocenters. The topological polar surface area (TPSA) is 63.3 Å². The van der Waals surface area contributed by atoms with Crippen molar-refractivity contribution in [2.24, 2.45) is 5.73 Å². The van der Waals surface area contributed by atoms with Crippen molar-refractivity contribution in [1.29, 1.82) is 0 Å². The predicted molar refractivity (Wildman–Crippen MR) is 39.8 cm³/mol. The normalized spacial score (nSPS) is 6.11. The summed E-state index contributed by atoms with van der Waals surface area (Å²) in [5.41, 5.74) is 4.50. The molecule has 0 aliphatic rings. The number of nitrogens with two attached hydrogens (primary N) is 1. The van der Waals surface area contributed by atoms with Gasteiger partial charge in [0.1, 0.15) is 0 Å². The number of hydrogen-bond acceptors (Lipinski definition) is 2. The third-order valence-electron chi connectivity index (χ3n) is 0.464. The second-order valence-electron chi connectivity index (χ2n) is 1.14. The summed E-state index contributed by atoms with van der Waals surface area (Å²) in [6.45, 7) is 1.84. The molecule has 3 N–H and O–H groups in total. The average Bonchev–Trinajstić information content (AvgIpc) is 1.72. The van der Waals surface area contributed by atoms with Crippen LogP contribution in [0.3, 0.4) is 0 Å². The summed E-state index contributed by atoms with van der Waals surface area (Å²) in [7, 11) is 1.50. The molecule has 0 saturated heterocycles. The van der Waals surface area contributed by atoms with Crippen molar-refractivity contribution in [3.05, 3.63) is 0 Å². The first-order chi connectivity index (χ1) is 3.77. The van der Waals surface area contributed by atoms with Gasteiger partial charge in [-0.1, -0.05) is 6.92 Å². The van der Waals surface area contributed by atoms with Crippen molar-refractivity contribution in [2.45, 2.75) is 19.8 Å². The Hall–Kier alpha value is 0.0274. The molecule has 0 bridgehead atoms. The first kappa shape index (κ1) is 16.0. The van der Waals surface area contributed by atoms with Crippen molar-refractivity contribution in [1.82, 2.24) is 0 Å². The molecule has 0 radical (unpaired) electrons. The van der Waals surface area contributed by atoms with Gasteiger partial charge in [0, 0.05) is 6.42 Å². The Balaban J connectivity index is -0.000000109. The fourth-order valence-electron chi connectivity index (χ4n) is 0.214. The van der Waals surface area contributed by atoms with Gasteiger partial charge in [0.05, 0.1) is 0 Å². The second-order valence-corrected chi connectivity index (χ2v) is 1.14. The maximum atomic E-state index is 9.60. The summed E-state index contributed by atoms with van der Waals surface area (Å²) in [4.78, 5) is 9.60. The van der Waals surface area contributed by atoms with Gasteiger partial charge in [-0.2, -0.15) is 0 Å². The molecule has 0 fully saturated rings. The Bertz CT molecular complexity index is 58.9. The Labute approximate surface area is 67.8 Å². The van der Waals surface area contributed by atoms with E-state index in [-0.39, 0.29) is 18.9 Å². The quantitative estimate of drug-likeness (QED) is 0.505. The summed E-state index contributed by atoms with van der Waals surface area (Å²) in [6, 6.07) is 0. The molecule has 0 heterocycles. The summed E-state index contributed by atoms with van der Waals surface area (Å²) in [6.07, 6.45) is 1.02. The summed E-state index contributed by atoms with van der Waals surface area (Å²) in [5, 5.41) is 7.91. The first-order valence-corrected chi connectivity index (χ1v) is 2.57. The van der Waals surface area contributed by atoms with Crippen LogP contribution < -0.4 is 5.73 Å². The van der Waals surface area contributed by atoms with Crippen LogP contribution in [0.25, 0.3) is 0 Å². The van der Waals surface area contributed by atoms with E-state index < -0.39 is 5.97 Å². The van der Waals surface area contributed by atoms with E-state index in [1.165, 1.54) is 7.05 Å². The summed E-state index contributed by atoms with van der Waals surface area (Å²) < 4.78 is 0. The number of carboxylic acid groups (broad SMARTS) is 1. The van der Waals surface area contributed by atoms with Crippen LogP contribution >= 0.6 is 0 Å². The van der Waals surface area contributed by atoms with E-state index in [0.29, 0.717) is 6.42 Å². The molecule has 0 rings (SSSR count). The molecule has 9 heavy (non-hydrogen) atoms. The zero-order valence-electron chi connectivity index (χ0n) is 5.35. The molecule has 4 heteroatoms. The van der Waals surface area contributed by atoms with E-state index in [4.69, 9.17) is 5.11 Å². The molecule has 0 atom stereocenters. The molecule has 0 aromatic carbocycles. The monoisotopic (exact) mass is 127 g/mol. The third-order valence-corrected chi connectivity index (χ3v) is 0.464. The molecule has 0 aromatic rings. The van der Waals surface area contributed by atoms with Gasteiger partial charge in [-0.05, 0) is 13.5 Å². The van der Waals surface area contributed by atoms with E-state index in [1.807, 2.05) is 6.92 Å². The molecule has 0 aliphatic heterocycles. The minimum atomic E-state index is -0.711. The number of carboxylic acids is 1. The number of carbonyl (C=O) groups is 1. The van der Waals surface area contributed by atoms with Gasteiger partial charge in [-0.3, -0.25) is 4.79 Å². The number of aliphatic carboxylic acids is 1. The molecule has 0 aliphatic carbocycles. The number of hydrogen-bond donors (Lipinski definition) is 2. The van der Waals surface area contributed by atoms with Crippen molar-refractivity contribution >= 4 is 24.8 Å². The molecule has 0 saturated carbocycles.